The standard InChI is InChI=1S/C20H19Br2N5O3S/c1-27-19(12-5-4-6-14(21)7-12)25-26-20(27)31-11-18(28)24-23-10-13-8-15(22)17(30-3)9-16(13)29-2/h4-10H,11H2,1-3H3,(H,24,28)/b23-10+. The molecule has 0 unspecified atom stereocenters. The molecule has 0 spiro atoms. The second kappa shape index (κ2) is 10.8. The Hall–Kier alpha value is -2.37. The van der Waals surface area contributed by atoms with E-state index in [1.54, 1.807) is 26.4 Å². The first-order valence-corrected chi connectivity index (χ1v) is 11.5. The molecule has 0 saturated heterocycles. The van der Waals surface area contributed by atoms with E-state index < -0.39 is 0 Å². The van der Waals surface area contributed by atoms with Crippen molar-refractivity contribution in [2.24, 2.45) is 12.1 Å². The van der Waals surface area contributed by atoms with Gasteiger partial charge < -0.3 is 14.0 Å². The molecule has 0 atom stereocenters. The Morgan fingerprint density at radius 1 is 1.19 bits per heavy atom. The summed E-state index contributed by atoms with van der Waals surface area (Å²) >= 11 is 8.16. The molecule has 1 aromatic heterocycles. The summed E-state index contributed by atoms with van der Waals surface area (Å²) in [6.07, 6.45) is 1.51. The van der Waals surface area contributed by atoms with Crippen LogP contribution in [0, 0.1) is 0 Å². The van der Waals surface area contributed by atoms with Gasteiger partial charge in [0.2, 0.25) is 0 Å². The first-order valence-electron chi connectivity index (χ1n) is 8.94. The molecule has 31 heavy (non-hydrogen) atoms. The van der Waals surface area contributed by atoms with Crippen molar-refractivity contribution in [3.63, 3.8) is 0 Å². The molecule has 3 aromatic rings. The van der Waals surface area contributed by atoms with E-state index in [1.807, 2.05) is 35.9 Å². The molecule has 0 bridgehead atoms. The van der Waals surface area contributed by atoms with Crippen LogP contribution in [0.1, 0.15) is 5.56 Å². The van der Waals surface area contributed by atoms with Crippen LogP contribution in [0.25, 0.3) is 11.4 Å². The third-order valence-corrected chi connectivity index (χ3v) is 6.28. The van der Waals surface area contributed by atoms with E-state index in [0.29, 0.717) is 22.2 Å². The Bertz CT molecular complexity index is 1120. The molecule has 0 saturated carbocycles. The number of halogens is 2. The molecule has 0 aliphatic rings. The zero-order valence-corrected chi connectivity index (χ0v) is 20.9. The van der Waals surface area contributed by atoms with E-state index in [0.717, 1.165) is 20.3 Å². The molecular formula is C20H19Br2N5O3S. The summed E-state index contributed by atoms with van der Waals surface area (Å²) in [5, 5.41) is 13.1. The smallest absolute Gasteiger partial charge is 0.250 e. The first kappa shape index (κ1) is 23.3. The molecule has 8 nitrogen and oxygen atoms in total. The zero-order chi connectivity index (χ0) is 22.4. The van der Waals surface area contributed by atoms with Gasteiger partial charge in [-0.05, 0) is 34.1 Å². The van der Waals surface area contributed by atoms with E-state index in [4.69, 9.17) is 9.47 Å². The highest BCUT2D eigenvalue weighted by Gasteiger charge is 2.13. The highest BCUT2D eigenvalue weighted by Crippen LogP contribution is 2.32. The highest BCUT2D eigenvalue weighted by atomic mass is 79.9. The van der Waals surface area contributed by atoms with Gasteiger partial charge in [0.05, 0.1) is 30.7 Å². The van der Waals surface area contributed by atoms with Crippen LogP contribution in [0.5, 0.6) is 11.5 Å². The van der Waals surface area contributed by atoms with Gasteiger partial charge in [-0.15, -0.1) is 10.2 Å². The van der Waals surface area contributed by atoms with Crippen LogP contribution in [0.3, 0.4) is 0 Å². The number of nitrogens with one attached hydrogen (secondary N) is 1. The molecule has 1 amide bonds. The lowest BCUT2D eigenvalue weighted by atomic mass is 10.2. The van der Waals surface area contributed by atoms with Crippen LogP contribution in [-0.4, -0.2) is 46.9 Å². The van der Waals surface area contributed by atoms with Crippen molar-refractivity contribution >= 4 is 55.7 Å². The minimum atomic E-state index is -0.264. The number of hydrogen-bond donors (Lipinski definition) is 1. The summed E-state index contributed by atoms with van der Waals surface area (Å²) in [4.78, 5) is 12.2. The Morgan fingerprint density at radius 3 is 2.68 bits per heavy atom. The number of hydrazone groups is 1. The van der Waals surface area contributed by atoms with Gasteiger partial charge in [0.25, 0.3) is 5.91 Å². The maximum Gasteiger partial charge on any atom is 0.250 e. The second-order valence-corrected chi connectivity index (χ2v) is 8.90. The molecule has 11 heteroatoms. The zero-order valence-electron chi connectivity index (χ0n) is 16.9. The lowest BCUT2D eigenvalue weighted by molar-refractivity contribution is -0.118. The van der Waals surface area contributed by atoms with Crippen LogP contribution in [0.15, 0.2) is 55.6 Å². The van der Waals surface area contributed by atoms with Crippen LogP contribution < -0.4 is 14.9 Å². The number of aromatic nitrogens is 3. The molecule has 0 radical (unpaired) electrons. The number of amides is 1. The van der Waals surface area contributed by atoms with Crippen molar-refractivity contribution in [3.05, 3.63) is 50.9 Å². The fourth-order valence-corrected chi connectivity index (χ4v) is 4.27. The lowest BCUT2D eigenvalue weighted by Crippen LogP contribution is -2.20. The number of rotatable bonds is 8. The largest absolute Gasteiger partial charge is 0.496 e. The number of nitrogens with zero attached hydrogens (tertiary/aromatic N) is 4. The van der Waals surface area contributed by atoms with Crippen LogP contribution in [-0.2, 0) is 11.8 Å². The quantitative estimate of drug-likeness (QED) is 0.248. The number of benzene rings is 2. The molecule has 0 aliphatic carbocycles. The van der Waals surface area contributed by atoms with Crippen molar-refractivity contribution in [1.29, 1.82) is 0 Å². The molecule has 162 valence electrons. The molecule has 1 heterocycles. The van der Waals surface area contributed by atoms with E-state index in [2.05, 4.69) is 52.6 Å². The fourth-order valence-electron chi connectivity index (χ4n) is 2.64. The maximum absolute atomic E-state index is 12.2. The minimum absolute atomic E-state index is 0.144. The number of ether oxygens (including phenoxy) is 2. The lowest BCUT2D eigenvalue weighted by Gasteiger charge is -2.09. The second-order valence-electron chi connectivity index (χ2n) is 6.19. The van der Waals surface area contributed by atoms with Crippen molar-refractivity contribution < 1.29 is 14.3 Å². The number of carbonyl (C=O) groups excluding carboxylic acids is 1. The molecule has 3 rings (SSSR count). The Labute approximate surface area is 200 Å². The topological polar surface area (TPSA) is 90.6 Å². The summed E-state index contributed by atoms with van der Waals surface area (Å²) in [6, 6.07) is 11.3. The summed E-state index contributed by atoms with van der Waals surface area (Å²) < 4.78 is 14.1. The van der Waals surface area contributed by atoms with Gasteiger partial charge in [0.1, 0.15) is 11.5 Å². The number of carbonyl (C=O) groups is 1. The average Bonchev–Trinajstić information content (AvgIpc) is 3.12. The van der Waals surface area contributed by atoms with Crippen LogP contribution in [0.2, 0.25) is 0 Å². The Kier molecular flexibility index (Phi) is 8.10. The summed E-state index contributed by atoms with van der Waals surface area (Å²) in [5.74, 6) is 1.82. The van der Waals surface area contributed by atoms with Crippen LogP contribution in [0.4, 0.5) is 0 Å². The predicted octanol–water partition coefficient (Wildman–Crippen LogP) is 4.27. The number of methoxy groups -OCH3 is 2. The van der Waals surface area contributed by atoms with Crippen LogP contribution >= 0.6 is 43.6 Å². The van der Waals surface area contributed by atoms with E-state index in [9.17, 15) is 4.79 Å². The molecular weight excluding hydrogens is 550 g/mol. The normalized spacial score (nSPS) is 11.0. The van der Waals surface area contributed by atoms with E-state index >= 15 is 0 Å². The third-order valence-electron chi connectivity index (χ3n) is 4.15. The Morgan fingerprint density at radius 2 is 1.97 bits per heavy atom. The summed E-state index contributed by atoms with van der Waals surface area (Å²) in [5.41, 5.74) is 4.14. The number of thioether (sulfide) groups is 1. The fraction of sp³-hybridized carbons (Fsp3) is 0.200. The van der Waals surface area contributed by atoms with E-state index in [-0.39, 0.29) is 11.7 Å². The Balaban J connectivity index is 1.60. The van der Waals surface area contributed by atoms with E-state index in [1.165, 1.54) is 18.0 Å². The van der Waals surface area contributed by atoms with Gasteiger partial charge in [-0.25, -0.2) is 5.43 Å². The summed E-state index contributed by atoms with van der Waals surface area (Å²) in [6.45, 7) is 0. The highest BCUT2D eigenvalue weighted by molar-refractivity contribution is 9.10. The predicted molar refractivity (Wildman–Crippen MR) is 128 cm³/mol. The van der Waals surface area contributed by atoms with Gasteiger partial charge >= 0.3 is 0 Å². The molecule has 2 aromatic carbocycles. The van der Waals surface area contributed by atoms with Crippen molar-refractivity contribution in [1.82, 2.24) is 20.2 Å². The van der Waals surface area contributed by atoms with Crippen molar-refractivity contribution in [2.45, 2.75) is 5.16 Å². The van der Waals surface area contributed by atoms with Gasteiger partial charge in [-0.3, -0.25) is 4.79 Å². The van der Waals surface area contributed by atoms with Gasteiger partial charge in [-0.2, -0.15) is 5.10 Å². The summed E-state index contributed by atoms with van der Waals surface area (Å²) in [7, 11) is 4.99. The van der Waals surface area contributed by atoms with Gasteiger partial charge in [0, 0.05) is 28.7 Å². The van der Waals surface area contributed by atoms with Crippen molar-refractivity contribution in [3.8, 4) is 22.9 Å². The maximum atomic E-state index is 12.2. The van der Waals surface area contributed by atoms with Gasteiger partial charge in [0.15, 0.2) is 11.0 Å². The first-order chi connectivity index (χ1) is 14.9. The molecule has 0 aliphatic heterocycles. The number of hydrogen-bond acceptors (Lipinski definition) is 7. The molecule has 0 fully saturated rings. The minimum Gasteiger partial charge on any atom is -0.496 e. The average molecular weight is 569 g/mol. The van der Waals surface area contributed by atoms with Crippen molar-refractivity contribution in [2.75, 3.05) is 20.0 Å². The SMILES string of the molecule is COc1cc(OC)c(/C=N/NC(=O)CSc2nnc(-c3cccc(Br)c3)n2C)cc1Br. The van der Waals surface area contributed by atoms with Gasteiger partial charge in [-0.1, -0.05) is 39.8 Å². The third kappa shape index (κ3) is 5.86. The molecule has 1 N–H and O–H groups in total. The monoisotopic (exact) mass is 567 g/mol.